The summed E-state index contributed by atoms with van der Waals surface area (Å²) in [5.74, 6) is 0.731. The highest BCUT2D eigenvalue weighted by molar-refractivity contribution is 7.93. The number of amides is 1. The van der Waals surface area contributed by atoms with Crippen LogP contribution in [0.5, 0.6) is 11.5 Å². The minimum atomic E-state index is -3.85. The average molecular weight is 596 g/mol. The molecule has 0 bridgehead atoms. The summed E-state index contributed by atoms with van der Waals surface area (Å²) in [6, 6.07) is 24.4. The van der Waals surface area contributed by atoms with Crippen LogP contribution in [0.3, 0.4) is 0 Å². The van der Waals surface area contributed by atoms with Crippen molar-refractivity contribution < 1.29 is 31.1 Å². The lowest BCUT2D eigenvalue weighted by Gasteiger charge is -2.20. The van der Waals surface area contributed by atoms with E-state index in [2.05, 4.69) is 10.0 Å². The molecule has 10 nitrogen and oxygen atoms in total. The van der Waals surface area contributed by atoms with E-state index in [9.17, 15) is 21.6 Å². The quantitative estimate of drug-likeness (QED) is 0.250. The van der Waals surface area contributed by atoms with E-state index in [-0.39, 0.29) is 15.4 Å². The van der Waals surface area contributed by atoms with Crippen LogP contribution in [-0.4, -0.2) is 43.5 Å². The molecule has 0 fully saturated rings. The minimum absolute atomic E-state index is 0.0230. The molecule has 0 aliphatic rings. The summed E-state index contributed by atoms with van der Waals surface area (Å²) in [5.41, 5.74) is 1.43. The van der Waals surface area contributed by atoms with Crippen molar-refractivity contribution in [2.24, 2.45) is 0 Å². The number of ether oxygens (including phenoxy) is 2. The van der Waals surface area contributed by atoms with E-state index in [1.54, 1.807) is 36.4 Å². The van der Waals surface area contributed by atoms with Crippen LogP contribution in [0.4, 0.5) is 17.1 Å². The van der Waals surface area contributed by atoms with Gasteiger partial charge in [-0.1, -0.05) is 0 Å². The summed E-state index contributed by atoms with van der Waals surface area (Å²) in [6.07, 6.45) is 0. The largest absolute Gasteiger partial charge is 0.497 e. The molecule has 0 unspecified atom stereocenters. The van der Waals surface area contributed by atoms with Gasteiger partial charge in [-0.3, -0.25) is 13.8 Å². The van der Waals surface area contributed by atoms with Crippen LogP contribution in [0.25, 0.3) is 0 Å². The predicted octanol–water partition coefficient (Wildman–Crippen LogP) is 4.97. The third-order valence-electron chi connectivity index (χ3n) is 6.05. The molecule has 0 aliphatic carbocycles. The molecular weight excluding hydrogens is 566 g/mol. The van der Waals surface area contributed by atoms with Gasteiger partial charge in [0.25, 0.3) is 26.0 Å². The zero-order chi connectivity index (χ0) is 29.6. The average Bonchev–Trinajstić information content (AvgIpc) is 2.98. The lowest BCUT2D eigenvalue weighted by Crippen LogP contribution is -2.26. The Morgan fingerprint density at radius 2 is 1.27 bits per heavy atom. The molecule has 2 N–H and O–H groups in total. The summed E-state index contributed by atoms with van der Waals surface area (Å²) in [6.45, 7) is 2.37. The third-order valence-corrected chi connectivity index (χ3v) is 9.25. The number of carbonyl (C=O) groups excluding carboxylic acids is 1. The van der Waals surface area contributed by atoms with Gasteiger partial charge in [0, 0.05) is 24.0 Å². The molecule has 0 atom stereocenters. The summed E-state index contributed by atoms with van der Waals surface area (Å²) in [4.78, 5) is 12.9. The lowest BCUT2D eigenvalue weighted by molar-refractivity contribution is 0.102. The van der Waals surface area contributed by atoms with E-state index < -0.39 is 26.0 Å². The van der Waals surface area contributed by atoms with Crippen molar-refractivity contribution >= 4 is 43.0 Å². The molecule has 0 aliphatic heterocycles. The lowest BCUT2D eigenvalue weighted by atomic mass is 10.2. The number of anilines is 3. The van der Waals surface area contributed by atoms with Gasteiger partial charge >= 0.3 is 0 Å². The van der Waals surface area contributed by atoms with Gasteiger partial charge in [0.05, 0.1) is 29.2 Å². The fourth-order valence-electron chi connectivity index (χ4n) is 3.79. The fourth-order valence-corrected chi connectivity index (χ4v) is 6.04. The molecule has 0 aromatic heterocycles. The van der Waals surface area contributed by atoms with Crippen LogP contribution in [0, 0.1) is 0 Å². The van der Waals surface area contributed by atoms with E-state index in [4.69, 9.17) is 9.47 Å². The Labute approximate surface area is 239 Å². The summed E-state index contributed by atoms with van der Waals surface area (Å²) < 4.78 is 65.6. The van der Waals surface area contributed by atoms with Gasteiger partial charge < -0.3 is 14.8 Å². The zero-order valence-electron chi connectivity index (χ0n) is 22.6. The number of hydrogen-bond donors (Lipinski definition) is 2. The Kier molecular flexibility index (Phi) is 8.84. The highest BCUT2D eigenvalue weighted by Gasteiger charge is 2.22. The molecule has 0 spiro atoms. The molecule has 0 saturated heterocycles. The van der Waals surface area contributed by atoms with Crippen molar-refractivity contribution in [3.63, 3.8) is 0 Å². The molecule has 1 amide bonds. The zero-order valence-corrected chi connectivity index (χ0v) is 24.2. The van der Waals surface area contributed by atoms with E-state index >= 15 is 0 Å². The summed E-state index contributed by atoms with van der Waals surface area (Å²) >= 11 is 0. The molecule has 4 aromatic carbocycles. The first kappa shape index (κ1) is 29.4. The first-order chi connectivity index (χ1) is 19.5. The molecule has 0 saturated carbocycles. The van der Waals surface area contributed by atoms with Gasteiger partial charge in [-0.05, 0) is 104 Å². The number of benzene rings is 4. The Morgan fingerprint density at radius 1 is 0.732 bits per heavy atom. The van der Waals surface area contributed by atoms with Crippen molar-refractivity contribution in [1.82, 2.24) is 0 Å². The fraction of sp³-hybridized carbons (Fsp3) is 0.138. The molecule has 214 valence electrons. The van der Waals surface area contributed by atoms with Crippen LogP contribution in [-0.2, 0) is 20.0 Å². The maximum absolute atomic E-state index is 13.0. The van der Waals surface area contributed by atoms with Crippen LogP contribution >= 0.6 is 0 Å². The Hall–Kier alpha value is -4.55. The number of nitrogens with one attached hydrogen (secondary N) is 2. The predicted molar refractivity (Wildman–Crippen MR) is 158 cm³/mol. The number of hydrogen-bond acceptors (Lipinski definition) is 7. The second-order valence-corrected chi connectivity index (χ2v) is 12.4. The molecule has 41 heavy (non-hydrogen) atoms. The van der Waals surface area contributed by atoms with Crippen LogP contribution in [0.15, 0.2) is 107 Å². The van der Waals surface area contributed by atoms with Crippen LogP contribution < -0.4 is 23.8 Å². The van der Waals surface area contributed by atoms with Crippen LogP contribution in [0.1, 0.15) is 17.3 Å². The second-order valence-electron chi connectivity index (χ2n) is 8.74. The summed E-state index contributed by atoms with van der Waals surface area (Å²) in [5, 5.41) is 2.71. The van der Waals surface area contributed by atoms with Gasteiger partial charge in [-0.2, -0.15) is 0 Å². The van der Waals surface area contributed by atoms with Crippen molar-refractivity contribution in [2.45, 2.75) is 16.7 Å². The highest BCUT2D eigenvalue weighted by atomic mass is 32.2. The number of carbonyl (C=O) groups is 1. The Morgan fingerprint density at radius 3 is 1.83 bits per heavy atom. The number of sulfonamides is 2. The molecule has 0 heterocycles. The normalized spacial score (nSPS) is 11.4. The topological polar surface area (TPSA) is 131 Å². The van der Waals surface area contributed by atoms with E-state index in [1.807, 2.05) is 6.92 Å². The molecular formula is C29H29N3O7S2. The van der Waals surface area contributed by atoms with Gasteiger partial charge in [0.2, 0.25) is 0 Å². The Bertz CT molecular complexity index is 1710. The smallest absolute Gasteiger partial charge is 0.264 e. The van der Waals surface area contributed by atoms with Gasteiger partial charge in [0.15, 0.2) is 0 Å². The molecule has 0 radical (unpaired) electrons. The maximum atomic E-state index is 13.0. The highest BCUT2D eigenvalue weighted by Crippen LogP contribution is 2.25. The maximum Gasteiger partial charge on any atom is 0.264 e. The van der Waals surface area contributed by atoms with E-state index in [0.717, 1.165) is 4.31 Å². The van der Waals surface area contributed by atoms with Crippen molar-refractivity contribution in [1.29, 1.82) is 0 Å². The third kappa shape index (κ3) is 6.97. The number of methoxy groups -OCH3 is 1. The first-order valence-corrected chi connectivity index (χ1v) is 15.4. The van der Waals surface area contributed by atoms with Gasteiger partial charge in [0.1, 0.15) is 11.5 Å². The summed E-state index contributed by atoms with van der Waals surface area (Å²) in [7, 11) is -4.75. The van der Waals surface area contributed by atoms with Gasteiger partial charge in [-0.15, -0.1) is 0 Å². The monoisotopic (exact) mass is 595 g/mol. The molecule has 4 aromatic rings. The first-order valence-electron chi connectivity index (χ1n) is 12.4. The molecule has 4 rings (SSSR count). The van der Waals surface area contributed by atoms with Crippen LogP contribution in [0.2, 0.25) is 0 Å². The SMILES string of the molecule is CCOc1ccc(NS(=O)(=O)c2ccc(NC(=O)c3ccc(N(C)S(=O)(=O)c4ccc(OC)cc4)cc3)cc2)cc1. The number of nitrogens with zero attached hydrogens (tertiary/aromatic N) is 1. The minimum Gasteiger partial charge on any atom is -0.497 e. The Balaban J connectivity index is 1.40. The van der Waals surface area contributed by atoms with Crippen molar-refractivity contribution in [3.05, 3.63) is 103 Å². The second kappa shape index (κ2) is 12.3. The van der Waals surface area contributed by atoms with Crippen molar-refractivity contribution in [2.75, 3.05) is 35.1 Å². The van der Waals surface area contributed by atoms with Crippen molar-refractivity contribution in [3.8, 4) is 11.5 Å². The number of rotatable bonds is 11. The van der Waals surface area contributed by atoms with Gasteiger partial charge in [-0.25, -0.2) is 16.8 Å². The van der Waals surface area contributed by atoms with E-state index in [0.29, 0.717) is 35.2 Å². The van der Waals surface area contributed by atoms with E-state index in [1.165, 1.54) is 74.8 Å². The standard InChI is InChI=1S/C29H29N3O7S2/c1-4-39-26-13-7-23(8-14-26)31-40(34,35)27-17-9-22(10-18-27)30-29(33)21-5-11-24(12-6-21)32(2)41(36,37)28-19-15-25(38-3)16-20-28/h5-20,31H,4H2,1-3H3,(H,30,33). The molecule has 12 heteroatoms.